The quantitative estimate of drug-likeness (QED) is 0.887. The van der Waals surface area contributed by atoms with Crippen molar-refractivity contribution in [3.63, 3.8) is 0 Å². The monoisotopic (exact) mass is 310 g/mol. The molecule has 0 aliphatic carbocycles. The zero-order valence-corrected chi connectivity index (χ0v) is 13.3. The Labute approximate surface area is 129 Å². The van der Waals surface area contributed by atoms with Gasteiger partial charge in [0.2, 0.25) is 0 Å². The highest BCUT2D eigenvalue weighted by Crippen LogP contribution is 2.37. The van der Waals surface area contributed by atoms with E-state index >= 15 is 0 Å². The Morgan fingerprint density at radius 3 is 2.67 bits per heavy atom. The van der Waals surface area contributed by atoms with Crippen LogP contribution in [0.15, 0.2) is 18.5 Å². The van der Waals surface area contributed by atoms with Crippen LogP contribution in [0, 0.1) is 0 Å². The van der Waals surface area contributed by atoms with Crippen molar-refractivity contribution in [1.82, 2.24) is 20.1 Å². The Bertz CT molecular complexity index is 615. The Morgan fingerprint density at radius 1 is 1.33 bits per heavy atom. The molecule has 1 unspecified atom stereocenters. The molecule has 1 N–H and O–H groups in total. The summed E-state index contributed by atoms with van der Waals surface area (Å²) in [5.74, 6) is 2.03. The predicted molar refractivity (Wildman–Crippen MR) is 80.8 cm³/mol. The fourth-order valence-electron chi connectivity index (χ4n) is 2.11. The smallest absolute Gasteiger partial charge is 0.179 e. The third-order valence-electron chi connectivity index (χ3n) is 3.30. The van der Waals surface area contributed by atoms with Crippen LogP contribution in [0.4, 0.5) is 0 Å². The van der Waals surface area contributed by atoms with Gasteiger partial charge in [0.1, 0.15) is 12.2 Å². The molecule has 1 aromatic carbocycles. The summed E-state index contributed by atoms with van der Waals surface area (Å²) in [5.41, 5.74) is 0.934. The second kappa shape index (κ2) is 6.78. The minimum Gasteiger partial charge on any atom is -0.493 e. The molecule has 1 atom stereocenters. The van der Waals surface area contributed by atoms with E-state index in [2.05, 4.69) is 15.5 Å². The van der Waals surface area contributed by atoms with Crippen molar-refractivity contribution in [3.05, 3.63) is 34.9 Å². The van der Waals surface area contributed by atoms with Gasteiger partial charge in [-0.15, -0.1) is 10.2 Å². The van der Waals surface area contributed by atoms with Gasteiger partial charge in [0.15, 0.2) is 11.5 Å². The summed E-state index contributed by atoms with van der Waals surface area (Å²) in [5, 5.41) is 11.9. The van der Waals surface area contributed by atoms with Crippen LogP contribution in [0.25, 0.3) is 0 Å². The molecule has 0 radical (unpaired) electrons. The van der Waals surface area contributed by atoms with Gasteiger partial charge in [0, 0.05) is 13.6 Å². The molecule has 2 aromatic rings. The molecule has 0 saturated heterocycles. The van der Waals surface area contributed by atoms with Crippen molar-refractivity contribution in [2.75, 3.05) is 14.2 Å². The summed E-state index contributed by atoms with van der Waals surface area (Å²) < 4.78 is 12.4. The molecule has 1 aromatic heterocycles. The molecule has 21 heavy (non-hydrogen) atoms. The maximum Gasteiger partial charge on any atom is 0.179 e. The van der Waals surface area contributed by atoms with Crippen molar-refractivity contribution in [1.29, 1.82) is 0 Å². The van der Waals surface area contributed by atoms with Crippen molar-refractivity contribution < 1.29 is 9.47 Å². The van der Waals surface area contributed by atoms with E-state index in [0.29, 0.717) is 23.1 Å². The lowest BCUT2D eigenvalue weighted by atomic mass is 10.2. The number of aryl methyl sites for hydroxylation is 1. The number of methoxy groups -OCH3 is 2. The molecule has 0 bridgehead atoms. The number of hydrogen-bond donors (Lipinski definition) is 1. The van der Waals surface area contributed by atoms with Gasteiger partial charge in [0.25, 0.3) is 0 Å². The first-order chi connectivity index (χ1) is 10.1. The first kappa shape index (κ1) is 15.6. The van der Waals surface area contributed by atoms with Gasteiger partial charge in [-0.1, -0.05) is 17.7 Å². The Hall–Kier alpha value is -1.79. The molecule has 0 aliphatic heterocycles. The van der Waals surface area contributed by atoms with Crippen LogP contribution in [-0.4, -0.2) is 29.0 Å². The average Bonchev–Trinajstić information content (AvgIpc) is 2.91. The van der Waals surface area contributed by atoms with Gasteiger partial charge >= 0.3 is 0 Å². The van der Waals surface area contributed by atoms with Crippen LogP contribution in [0.1, 0.15) is 24.4 Å². The van der Waals surface area contributed by atoms with Crippen LogP contribution >= 0.6 is 11.6 Å². The third kappa shape index (κ3) is 3.28. The Balaban J connectivity index is 2.12. The number of nitrogens with one attached hydrogen (secondary N) is 1. The molecule has 114 valence electrons. The first-order valence-corrected chi connectivity index (χ1v) is 6.93. The van der Waals surface area contributed by atoms with E-state index in [4.69, 9.17) is 21.1 Å². The maximum atomic E-state index is 6.35. The summed E-state index contributed by atoms with van der Waals surface area (Å²) in [6, 6.07) is 3.82. The molecular formula is C14H19ClN4O2. The molecule has 7 heteroatoms. The topological polar surface area (TPSA) is 61.2 Å². The SMILES string of the molecule is COc1ccc(CNC(C)c2nncn2C)c(Cl)c1OC. The lowest BCUT2D eigenvalue weighted by Crippen LogP contribution is -2.21. The number of benzene rings is 1. The highest BCUT2D eigenvalue weighted by Gasteiger charge is 2.15. The summed E-state index contributed by atoms with van der Waals surface area (Å²) in [4.78, 5) is 0. The second-order valence-corrected chi connectivity index (χ2v) is 5.05. The van der Waals surface area contributed by atoms with Gasteiger partial charge in [-0.05, 0) is 18.6 Å². The lowest BCUT2D eigenvalue weighted by molar-refractivity contribution is 0.354. The van der Waals surface area contributed by atoms with E-state index in [1.807, 2.05) is 30.7 Å². The van der Waals surface area contributed by atoms with Gasteiger partial charge in [-0.3, -0.25) is 0 Å². The van der Waals surface area contributed by atoms with Gasteiger partial charge in [0.05, 0.1) is 25.3 Å². The van der Waals surface area contributed by atoms with Crippen LogP contribution in [0.3, 0.4) is 0 Å². The van der Waals surface area contributed by atoms with Crippen LogP contribution in [-0.2, 0) is 13.6 Å². The summed E-state index contributed by atoms with van der Waals surface area (Å²) in [6.07, 6.45) is 1.68. The zero-order valence-electron chi connectivity index (χ0n) is 12.6. The predicted octanol–water partition coefficient (Wildman–Crippen LogP) is 2.34. The molecule has 0 saturated carbocycles. The minimum atomic E-state index is 0.0571. The van der Waals surface area contributed by atoms with Crippen molar-refractivity contribution in [2.45, 2.75) is 19.5 Å². The largest absolute Gasteiger partial charge is 0.493 e. The van der Waals surface area contributed by atoms with Crippen molar-refractivity contribution in [2.24, 2.45) is 7.05 Å². The van der Waals surface area contributed by atoms with E-state index in [-0.39, 0.29) is 6.04 Å². The van der Waals surface area contributed by atoms with Crippen LogP contribution in [0.5, 0.6) is 11.5 Å². The average molecular weight is 311 g/mol. The van der Waals surface area contributed by atoms with Crippen LogP contribution < -0.4 is 14.8 Å². The maximum absolute atomic E-state index is 6.35. The Kier molecular flexibility index (Phi) is 5.03. The van der Waals surface area contributed by atoms with Gasteiger partial charge in [-0.2, -0.15) is 0 Å². The number of hydrogen-bond acceptors (Lipinski definition) is 5. The van der Waals surface area contributed by atoms with Crippen LogP contribution in [0.2, 0.25) is 5.02 Å². The molecular weight excluding hydrogens is 292 g/mol. The summed E-state index contributed by atoms with van der Waals surface area (Å²) in [6.45, 7) is 2.62. The number of nitrogens with zero attached hydrogens (tertiary/aromatic N) is 3. The molecule has 0 spiro atoms. The highest BCUT2D eigenvalue weighted by molar-refractivity contribution is 6.33. The number of aromatic nitrogens is 3. The minimum absolute atomic E-state index is 0.0571. The van der Waals surface area contributed by atoms with Crippen molar-refractivity contribution >= 4 is 11.6 Å². The number of halogens is 1. The zero-order chi connectivity index (χ0) is 15.4. The van der Waals surface area contributed by atoms with E-state index in [9.17, 15) is 0 Å². The lowest BCUT2D eigenvalue weighted by Gasteiger charge is -2.16. The van der Waals surface area contributed by atoms with Gasteiger partial charge in [-0.25, -0.2) is 0 Å². The molecule has 0 amide bonds. The molecule has 6 nitrogen and oxygen atoms in total. The molecule has 0 aliphatic rings. The van der Waals surface area contributed by atoms with Crippen molar-refractivity contribution in [3.8, 4) is 11.5 Å². The number of rotatable bonds is 6. The highest BCUT2D eigenvalue weighted by atomic mass is 35.5. The van der Waals surface area contributed by atoms with E-state index in [1.165, 1.54) is 0 Å². The van der Waals surface area contributed by atoms with E-state index in [0.717, 1.165) is 11.4 Å². The third-order valence-corrected chi connectivity index (χ3v) is 3.71. The Morgan fingerprint density at radius 2 is 2.10 bits per heavy atom. The standard InChI is InChI=1S/C14H19ClN4O2/c1-9(14-18-17-8-19(14)2)16-7-10-5-6-11(20-3)13(21-4)12(10)15/h5-6,8-9,16H,7H2,1-4H3. The van der Waals surface area contributed by atoms with E-state index < -0.39 is 0 Å². The molecule has 0 fully saturated rings. The number of ether oxygens (including phenoxy) is 2. The molecule has 1 heterocycles. The second-order valence-electron chi connectivity index (χ2n) is 4.68. The fourth-order valence-corrected chi connectivity index (χ4v) is 2.41. The normalized spacial score (nSPS) is 12.2. The first-order valence-electron chi connectivity index (χ1n) is 6.55. The summed E-state index contributed by atoms with van der Waals surface area (Å²) in [7, 11) is 5.07. The molecule has 2 rings (SSSR count). The van der Waals surface area contributed by atoms with E-state index in [1.54, 1.807) is 20.5 Å². The fraction of sp³-hybridized carbons (Fsp3) is 0.429. The van der Waals surface area contributed by atoms with Gasteiger partial charge < -0.3 is 19.4 Å². The summed E-state index contributed by atoms with van der Waals surface area (Å²) >= 11 is 6.35.